The zero-order valence-electron chi connectivity index (χ0n) is 12.0. The molecule has 0 saturated heterocycles. The highest BCUT2D eigenvalue weighted by Gasteiger charge is 2.10. The van der Waals surface area contributed by atoms with E-state index in [1.807, 2.05) is 18.2 Å². The molecular weight excluding hydrogens is 316 g/mol. The second kappa shape index (κ2) is 6.42. The van der Waals surface area contributed by atoms with Crippen molar-refractivity contribution in [2.45, 2.75) is 33.5 Å². The molecular formula is C17H19BrO2. The van der Waals surface area contributed by atoms with Gasteiger partial charge in [-0.2, -0.15) is 0 Å². The summed E-state index contributed by atoms with van der Waals surface area (Å²) in [6, 6.07) is 12.1. The zero-order valence-corrected chi connectivity index (χ0v) is 13.6. The third kappa shape index (κ3) is 3.84. The Morgan fingerprint density at radius 3 is 2.35 bits per heavy atom. The quantitative estimate of drug-likeness (QED) is 0.878. The smallest absolute Gasteiger partial charge is 0.125 e. The molecule has 20 heavy (non-hydrogen) atoms. The molecule has 2 aromatic rings. The fourth-order valence-corrected chi connectivity index (χ4v) is 2.67. The van der Waals surface area contributed by atoms with Gasteiger partial charge in [-0.25, -0.2) is 0 Å². The van der Waals surface area contributed by atoms with E-state index in [-0.39, 0.29) is 0 Å². The largest absolute Gasteiger partial charge is 0.489 e. The van der Waals surface area contributed by atoms with E-state index in [2.05, 4.69) is 48.0 Å². The Morgan fingerprint density at radius 1 is 1.10 bits per heavy atom. The molecule has 0 amide bonds. The first kappa shape index (κ1) is 15.1. The number of aryl methyl sites for hydroxylation is 2. The molecule has 0 aromatic heterocycles. The van der Waals surface area contributed by atoms with Gasteiger partial charge in [0.1, 0.15) is 12.4 Å². The highest BCUT2D eigenvalue weighted by atomic mass is 79.9. The average molecular weight is 335 g/mol. The van der Waals surface area contributed by atoms with Crippen LogP contribution in [-0.4, -0.2) is 5.11 Å². The second-order valence-corrected chi connectivity index (χ2v) is 6.06. The number of aliphatic hydroxyl groups is 1. The van der Waals surface area contributed by atoms with Crippen molar-refractivity contribution in [1.29, 1.82) is 0 Å². The standard InChI is InChI=1S/C17H19BrO2/c1-11-6-12(2)8-14(7-11)10-20-17-5-4-15(18)9-16(17)13(3)19/h4-9,13,19H,10H2,1-3H3. The molecule has 0 aliphatic heterocycles. The molecule has 0 aliphatic carbocycles. The van der Waals surface area contributed by atoms with Crippen LogP contribution in [-0.2, 0) is 6.61 Å². The molecule has 0 saturated carbocycles. The van der Waals surface area contributed by atoms with Gasteiger partial charge in [0.25, 0.3) is 0 Å². The van der Waals surface area contributed by atoms with Crippen LogP contribution in [0.25, 0.3) is 0 Å². The van der Waals surface area contributed by atoms with Gasteiger partial charge in [0, 0.05) is 10.0 Å². The number of hydrogen-bond donors (Lipinski definition) is 1. The van der Waals surface area contributed by atoms with Crippen molar-refractivity contribution in [2.24, 2.45) is 0 Å². The Bertz CT molecular complexity index is 586. The molecule has 2 nitrogen and oxygen atoms in total. The van der Waals surface area contributed by atoms with Crippen molar-refractivity contribution in [3.8, 4) is 5.75 Å². The summed E-state index contributed by atoms with van der Waals surface area (Å²) in [6.07, 6.45) is -0.554. The minimum atomic E-state index is -0.554. The molecule has 1 atom stereocenters. The zero-order chi connectivity index (χ0) is 14.7. The number of ether oxygens (including phenoxy) is 1. The van der Waals surface area contributed by atoms with E-state index in [9.17, 15) is 5.11 Å². The molecule has 0 fully saturated rings. The van der Waals surface area contributed by atoms with E-state index in [0.717, 1.165) is 21.3 Å². The molecule has 2 rings (SSSR count). The lowest BCUT2D eigenvalue weighted by Gasteiger charge is -2.14. The lowest BCUT2D eigenvalue weighted by Crippen LogP contribution is -2.01. The van der Waals surface area contributed by atoms with Crippen molar-refractivity contribution in [3.05, 3.63) is 63.1 Å². The SMILES string of the molecule is Cc1cc(C)cc(COc2ccc(Br)cc2C(C)O)c1. The number of benzene rings is 2. The van der Waals surface area contributed by atoms with Crippen LogP contribution in [0, 0.1) is 13.8 Å². The molecule has 2 aromatic carbocycles. The van der Waals surface area contributed by atoms with Gasteiger partial charge in [-0.1, -0.05) is 45.3 Å². The highest BCUT2D eigenvalue weighted by molar-refractivity contribution is 9.10. The summed E-state index contributed by atoms with van der Waals surface area (Å²) < 4.78 is 6.81. The number of hydrogen-bond acceptors (Lipinski definition) is 2. The van der Waals surface area contributed by atoms with Crippen molar-refractivity contribution in [1.82, 2.24) is 0 Å². The Hall–Kier alpha value is -1.32. The maximum Gasteiger partial charge on any atom is 0.125 e. The normalized spacial score (nSPS) is 12.2. The van der Waals surface area contributed by atoms with Crippen LogP contribution < -0.4 is 4.74 Å². The van der Waals surface area contributed by atoms with Crippen LogP contribution in [0.2, 0.25) is 0 Å². The maximum absolute atomic E-state index is 9.81. The summed E-state index contributed by atoms with van der Waals surface area (Å²) in [6.45, 7) is 6.41. The molecule has 106 valence electrons. The van der Waals surface area contributed by atoms with Gasteiger partial charge in [0.15, 0.2) is 0 Å². The number of aliphatic hydroxyl groups excluding tert-OH is 1. The van der Waals surface area contributed by atoms with Gasteiger partial charge in [-0.15, -0.1) is 0 Å². The predicted octanol–water partition coefficient (Wildman–Crippen LogP) is 4.70. The highest BCUT2D eigenvalue weighted by Crippen LogP contribution is 2.29. The Kier molecular flexibility index (Phi) is 4.84. The predicted molar refractivity (Wildman–Crippen MR) is 85.0 cm³/mol. The first-order valence-electron chi connectivity index (χ1n) is 6.63. The van der Waals surface area contributed by atoms with Gasteiger partial charge in [0.05, 0.1) is 6.10 Å². The summed E-state index contributed by atoms with van der Waals surface area (Å²) in [5.41, 5.74) is 4.40. The molecule has 0 aliphatic rings. The van der Waals surface area contributed by atoms with E-state index in [1.54, 1.807) is 6.92 Å². The van der Waals surface area contributed by atoms with Gasteiger partial charge < -0.3 is 9.84 Å². The molecule has 0 heterocycles. The van der Waals surface area contributed by atoms with Gasteiger partial charge in [0.2, 0.25) is 0 Å². The van der Waals surface area contributed by atoms with E-state index < -0.39 is 6.10 Å². The van der Waals surface area contributed by atoms with Crippen molar-refractivity contribution < 1.29 is 9.84 Å². The van der Waals surface area contributed by atoms with Crippen molar-refractivity contribution in [3.63, 3.8) is 0 Å². The lowest BCUT2D eigenvalue weighted by molar-refractivity contribution is 0.190. The first-order valence-corrected chi connectivity index (χ1v) is 7.42. The van der Waals surface area contributed by atoms with E-state index in [0.29, 0.717) is 6.61 Å². The van der Waals surface area contributed by atoms with Crippen LogP contribution in [0.5, 0.6) is 5.75 Å². The fourth-order valence-electron chi connectivity index (χ4n) is 2.29. The Balaban J connectivity index is 2.18. The van der Waals surface area contributed by atoms with Gasteiger partial charge in [-0.05, 0) is 44.5 Å². The second-order valence-electron chi connectivity index (χ2n) is 5.14. The molecule has 0 bridgehead atoms. The maximum atomic E-state index is 9.81. The molecule has 0 radical (unpaired) electrons. The van der Waals surface area contributed by atoms with Crippen LogP contribution >= 0.6 is 15.9 Å². The summed E-state index contributed by atoms with van der Waals surface area (Å²) in [7, 11) is 0. The monoisotopic (exact) mass is 334 g/mol. The van der Waals surface area contributed by atoms with Crippen LogP contribution in [0.1, 0.15) is 35.3 Å². The van der Waals surface area contributed by atoms with Gasteiger partial charge >= 0.3 is 0 Å². The molecule has 0 spiro atoms. The first-order chi connectivity index (χ1) is 9.45. The fraction of sp³-hybridized carbons (Fsp3) is 0.294. The van der Waals surface area contributed by atoms with Crippen molar-refractivity contribution in [2.75, 3.05) is 0 Å². The van der Waals surface area contributed by atoms with E-state index >= 15 is 0 Å². The Labute approximate surface area is 128 Å². The van der Waals surface area contributed by atoms with Crippen LogP contribution in [0.3, 0.4) is 0 Å². The summed E-state index contributed by atoms with van der Waals surface area (Å²) in [5.74, 6) is 0.724. The van der Waals surface area contributed by atoms with Crippen LogP contribution in [0.15, 0.2) is 40.9 Å². The summed E-state index contributed by atoms with van der Waals surface area (Å²) >= 11 is 3.41. The molecule has 1 N–H and O–H groups in total. The lowest BCUT2D eigenvalue weighted by atomic mass is 10.1. The third-order valence-corrected chi connectivity index (χ3v) is 3.59. The number of rotatable bonds is 4. The number of halogens is 1. The average Bonchev–Trinajstić information content (AvgIpc) is 2.36. The van der Waals surface area contributed by atoms with Crippen molar-refractivity contribution >= 4 is 15.9 Å². The summed E-state index contributed by atoms with van der Waals surface area (Å²) in [4.78, 5) is 0. The topological polar surface area (TPSA) is 29.5 Å². The minimum Gasteiger partial charge on any atom is -0.489 e. The van der Waals surface area contributed by atoms with E-state index in [4.69, 9.17) is 4.74 Å². The third-order valence-electron chi connectivity index (χ3n) is 3.10. The van der Waals surface area contributed by atoms with E-state index in [1.165, 1.54) is 11.1 Å². The minimum absolute atomic E-state index is 0.504. The molecule has 1 unspecified atom stereocenters. The Morgan fingerprint density at radius 2 is 1.75 bits per heavy atom. The summed E-state index contributed by atoms with van der Waals surface area (Å²) in [5, 5.41) is 9.81. The van der Waals surface area contributed by atoms with Crippen LogP contribution in [0.4, 0.5) is 0 Å². The van der Waals surface area contributed by atoms with Gasteiger partial charge in [-0.3, -0.25) is 0 Å². The molecule has 3 heteroatoms.